The quantitative estimate of drug-likeness (QED) is 0.609. The Morgan fingerprint density at radius 3 is 2.30 bits per heavy atom. The molecule has 168 valence electrons. The van der Waals surface area contributed by atoms with Crippen LogP contribution < -0.4 is 4.74 Å². The smallest absolute Gasteiger partial charge is 0.260 e. The van der Waals surface area contributed by atoms with Crippen LogP contribution >= 0.6 is 23.5 Å². The number of hydrogen-bond donors (Lipinski definition) is 1. The molecule has 1 aliphatic rings. The van der Waals surface area contributed by atoms with Gasteiger partial charge in [-0.2, -0.15) is 0 Å². The monoisotopic (exact) mass is 456 g/mol. The second kappa shape index (κ2) is 9.80. The van der Waals surface area contributed by atoms with Gasteiger partial charge in [0.05, 0.1) is 5.60 Å². The van der Waals surface area contributed by atoms with Gasteiger partial charge >= 0.3 is 0 Å². The minimum Gasteiger partial charge on any atom is -0.491 e. The molecule has 0 spiro atoms. The van der Waals surface area contributed by atoms with Crippen LogP contribution in [0.2, 0.25) is 0 Å². The number of hydrogen-bond acceptors (Lipinski definition) is 7. The van der Waals surface area contributed by atoms with Gasteiger partial charge in [-0.05, 0) is 44.1 Å². The molecule has 1 aromatic carbocycles. The van der Waals surface area contributed by atoms with Gasteiger partial charge in [-0.15, -0.1) is 23.5 Å². The lowest BCUT2D eigenvalue weighted by molar-refractivity contribution is -0.156. The third kappa shape index (κ3) is 4.74. The molecule has 0 bridgehead atoms. The van der Waals surface area contributed by atoms with Crippen LogP contribution in [0.1, 0.15) is 19.4 Å². The molecule has 1 aromatic rings. The van der Waals surface area contributed by atoms with Crippen LogP contribution in [0, 0.1) is 0 Å². The first-order valence-corrected chi connectivity index (χ1v) is 12.1. The summed E-state index contributed by atoms with van der Waals surface area (Å²) >= 11 is 2.73. The lowest BCUT2D eigenvalue weighted by atomic mass is 10.0. The molecule has 0 saturated carbocycles. The molecule has 1 fully saturated rings. The van der Waals surface area contributed by atoms with Gasteiger partial charge in [-0.25, -0.2) is 0 Å². The fourth-order valence-corrected chi connectivity index (χ4v) is 5.04. The molecule has 1 saturated heterocycles. The van der Waals surface area contributed by atoms with E-state index in [-0.39, 0.29) is 18.4 Å². The highest BCUT2D eigenvalue weighted by molar-refractivity contribution is 8.01. The average molecular weight is 457 g/mol. The molecule has 1 N–H and O–H groups in total. The molecule has 2 amide bonds. The number of thioether (sulfide) groups is 2. The highest BCUT2D eigenvalue weighted by atomic mass is 32.2. The highest BCUT2D eigenvalue weighted by Gasteiger charge is 2.53. The summed E-state index contributed by atoms with van der Waals surface area (Å²) in [5, 5.41) is 9.69. The second-order valence-electron chi connectivity index (χ2n) is 7.84. The van der Waals surface area contributed by atoms with E-state index in [9.17, 15) is 14.7 Å². The number of carbonyl (C=O) groups is 2. The van der Waals surface area contributed by atoms with E-state index >= 15 is 0 Å². The summed E-state index contributed by atoms with van der Waals surface area (Å²) in [4.78, 5) is 28.2. The molecule has 0 radical (unpaired) electrons. The van der Waals surface area contributed by atoms with Crippen molar-refractivity contribution in [2.24, 2.45) is 0 Å². The van der Waals surface area contributed by atoms with Crippen molar-refractivity contribution >= 4 is 35.3 Å². The summed E-state index contributed by atoms with van der Waals surface area (Å²) in [7, 11) is 4.93. The molecule has 2 rings (SSSR count). The van der Waals surface area contributed by atoms with Gasteiger partial charge < -0.3 is 24.4 Å². The molecule has 0 unspecified atom stereocenters. The van der Waals surface area contributed by atoms with Crippen molar-refractivity contribution in [3.8, 4) is 5.75 Å². The first kappa shape index (κ1) is 24.8. The van der Waals surface area contributed by atoms with Crippen LogP contribution in [0.3, 0.4) is 0 Å². The van der Waals surface area contributed by atoms with Gasteiger partial charge in [0.1, 0.15) is 18.5 Å². The summed E-state index contributed by atoms with van der Waals surface area (Å²) in [6.07, 6.45) is 3.29. The van der Waals surface area contributed by atoms with Gasteiger partial charge in [-0.1, -0.05) is 12.1 Å². The maximum absolute atomic E-state index is 13.2. The molecule has 3 atom stereocenters. The first-order chi connectivity index (χ1) is 14.0. The van der Waals surface area contributed by atoms with Crippen molar-refractivity contribution in [1.29, 1.82) is 0 Å². The second-order valence-corrected chi connectivity index (χ2v) is 9.85. The molecular formula is C21H32N2O5S2. The van der Waals surface area contributed by atoms with Crippen molar-refractivity contribution in [1.82, 2.24) is 9.80 Å². The summed E-state index contributed by atoms with van der Waals surface area (Å²) in [6, 6.07) is 7.37. The number of rotatable bonds is 9. The fraction of sp³-hybridized carbons (Fsp3) is 0.619. The minimum absolute atomic E-state index is 0.0753. The summed E-state index contributed by atoms with van der Waals surface area (Å²) in [5.74, 6) is 0.456. The van der Waals surface area contributed by atoms with Crippen molar-refractivity contribution in [3.05, 3.63) is 29.8 Å². The number of amides is 2. The Labute approximate surface area is 187 Å². The molecule has 0 aliphatic carbocycles. The van der Waals surface area contributed by atoms with Crippen molar-refractivity contribution in [3.63, 3.8) is 0 Å². The average Bonchev–Trinajstić information content (AvgIpc) is 2.75. The number of ether oxygens (including phenoxy) is 2. The largest absolute Gasteiger partial charge is 0.491 e. The number of aliphatic hydroxyl groups is 1. The van der Waals surface area contributed by atoms with Crippen LogP contribution in [0.15, 0.2) is 24.3 Å². The van der Waals surface area contributed by atoms with Crippen LogP contribution in [-0.4, -0.2) is 89.0 Å². The number of piperazine rings is 1. The van der Waals surface area contributed by atoms with E-state index in [1.54, 1.807) is 57.0 Å². The van der Waals surface area contributed by atoms with Crippen LogP contribution in [-0.2, 0) is 20.7 Å². The van der Waals surface area contributed by atoms with E-state index in [0.29, 0.717) is 12.2 Å². The standard InChI is InChI=1S/C21H32N2O5S2/c1-20(2,27-5)16(24)13-28-15-10-8-14(9-11-15)12-21(30-7)19(26)22(3)18(29-6)17(25)23(21)4/h8-11,16,18,24H,12-13H2,1-7H3/t16-,18-,21-/m0/s1. The van der Waals surface area contributed by atoms with Gasteiger partial charge in [-0.3, -0.25) is 9.59 Å². The SMILES string of the molecule is COC(C)(C)[C@@H](O)COc1ccc(C[C@]2(SC)C(=O)N(C)[C@@H](SC)C(=O)N2C)cc1. The minimum atomic E-state index is -0.987. The molecule has 30 heavy (non-hydrogen) atoms. The summed E-state index contributed by atoms with van der Waals surface area (Å²) in [5.41, 5.74) is 0.211. The van der Waals surface area contributed by atoms with E-state index in [1.807, 2.05) is 24.6 Å². The fourth-order valence-electron chi connectivity index (χ4n) is 3.28. The number of benzene rings is 1. The molecule has 1 heterocycles. The lowest BCUT2D eigenvalue weighted by Gasteiger charge is -2.48. The van der Waals surface area contributed by atoms with E-state index < -0.39 is 21.9 Å². The molecule has 0 aromatic heterocycles. The number of likely N-dealkylation sites (N-methyl/N-ethyl adjacent to an activating group) is 2. The van der Waals surface area contributed by atoms with Gasteiger partial charge in [0.2, 0.25) is 0 Å². The van der Waals surface area contributed by atoms with E-state index in [1.165, 1.54) is 23.5 Å². The first-order valence-electron chi connectivity index (χ1n) is 9.62. The Bertz CT molecular complexity index is 758. The van der Waals surface area contributed by atoms with Crippen LogP contribution in [0.4, 0.5) is 0 Å². The van der Waals surface area contributed by atoms with E-state index in [2.05, 4.69) is 0 Å². The van der Waals surface area contributed by atoms with Crippen LogP contribution in [0.5, 0.6) is 5.75 Å². The Kier molecular flexibility index (Phi) is 8.12. The summed E-state index contributed by atoms with van der Waals surface area (Å²) < 4.78 is 10.9. The van der Waals surface area contributed by atoms with Crippen molar-refractivity contribution in [2.75, 3.05) is 40.3 Å². The normalized spacial score (nSPS) is 23.7. The zero-order chi connectivity index (χ0) is 22.7. The Hall–Kier alpha value is -1.42. The predicted octanol–water partition coefficient (Wildman–Crippen LogP) is 2.07. The van der Waals surface area contributed by atoms with Gasteiger partial charge in [0, 0.05) is 27.6 Å². The molecule has 9 heteroatoms. The highest BCUT2D eigenvalue weighted by Crippen LogP contribution is 2.39. The topological polar surface area (TPSA) is 79.3 Å². The zero-order valence-electron chi connectivity index (χ0n) is 18.7. The number of carbonyl (C=O) groups excluding carboxylic acids is 2. The molecular weight excluding hydrogens is 424 g/mol. The Balaban J connectivity index is 2.15. The summed E-state index contributed by atoms with van der Waals surface area (Å²) in [6.45, 7) is 3.69. The number of nitrogens with zero attached hydrogens (tertiary/aromatic N) is 2. The predicted molar refractivity (Wildman–Crippen MR) is 122 cm³/mol. The molecule has 1 aliphatic heterocycles. The lowest BCUT2D eigenvalue weighted by Crippen LogP contribution is -2.68. The third-order valence-corrected chi connectivity index (χ3v) is 7.99. The third-order valence-electron chi connectivity index (χ3n) is 5.75. The Morgan fingerprint density at radius 1 is 1.20 bits per heavy atom. The maximum Gasteiger partial charge on any atom is 0.260 e. The van der Waals surface area contributed by atoms with Crippen molar-refractivity contribution < 1.29 is 24.2 Å². The van der Waals surface area contributed by atoms with Gasteiger partial charge in [0.25, 0.3) is 11.8 Å². The van der Waals surface area contributed by atoms with E-state index in [0.717, 1.165) is 5.56 Å². The maximum atomic E-state index is 13.2. The van der Waals surface area contributed by atoms with Gasteiger partial charge in [0.15, 0.2) is 10.2 Å². The molecule has 7 nitrogen and oxygen atoms in total. The van der Waals surface area contributed by atoms with E-state index in [4.69, 9.17) is 9.47 Å². The van der Waals surface area contributed by atoms with Crippen LogP contribution in [0.25, 0.3) is 0 Å². The zero-order valence-corrected chi connectivity index (χ0v) is 20.3. The van der Waals surface area contributed by atoms with Crippen molar-refractivity contribution in [2.45, 2.75) is 42.2 Å². The number of aliphatic hydroxyl groups excluding tert-OH is 1. The number of methoxy groups -OCH3 is 1. The Morgan fingerprint density at radius 2 is 1.80 bits per heavy atom.